The smallest absolute Gasteiger partial charge is 0.411 e. The van der Waals surface area contributed by atoms with Crippen LogP contribution in [0.1, 0.15) is 29.2 Å². The van der Waals surface area contributed by atoms with Crippen molar-refractivity contribution < 1.29 is 14.6 Å². The summed E-state index contributed by atoms with van der Waals surface area (Å²) in [6, 6.07) is 15.1. The minimum atomic E-state index is -0.494. The summed E-state index contributed by atoms with van der Waals surface area (Å²) in [5, 5.41) is 12.5. The molecule has 0 spiro atoms. The monoisotopic (exact) mass is 283 g/mol. The second kappa shape index (κ2) is 5.97. The van der Waals surface area contributed by atoms with Crippen LogP contribution in [-0.4, -0.2) is 11.2 Å². The maximum Gasteiger partial charge on any atom is 0.411 e. The largest absolute Gasteiger partial charge is 0.444 e. The Hall–Kier alpha value is -2.33. The van der Waals surface area contributed by atoms with Gasteiger partial charge in [-0.15, -0.1) is 0 Å². The molecule has 2 aromatic carbocycles. The van der Waals surface area contributed by atoms with Gasteiger partial charge in [-0.05, 0) is 41.7 Å². The molecule has 1 atom stereocenters. The fourth-order valence-electron chi connectivity index (χ4n) is 2.54. The molecule has 0 fully saturated rings. The summed E-state index contributed by atoms with van der Waals surface area (Å²) in [5.74, 6) is 0. The van der Waals surface area contributed by atoms with E-state index in [0.717, 1.165) is 29.5 Å². The Balaban J connectivity index is 1.59. The molecule has 0 saturated heterocycles. The number of hydrogen-bond donors (Lipinski definition) is 2. The fraction of sp³-hybridized carbons (Fsp3) is 0.235. The molecule has 0 saturated carbocycles. The van der Waals surface area contributed by atoms with E-state index in [1.807, 2.05) is 48.5 Å². The molecule has 2 aromatic rings. The van der Waals surface area contributed by atoms with Gasteiger partial charge >= 0.3 is 6.09 Å². The number of aliphatic hydroxyl groups excluding tert-OH is 1. The van der Waals surface area contributed by atoms with Crippen molar-refractivity contribution in [3.63, 3.8) is 0 Å². The summed E-state index contributed by atoms with van der Waals surface area (Å²) in [5.41, 5.74) is 3.63. The summed E-state index contributed by atoms with van der Waals surface area (Å²) in [7, 11) is 0. The second-order valence-electron chi connectivity index (χ2n) is 5.15. The van der Waals surface area contributed by atoms with E-state index in [1.54, 1.807) is 0 Å². The van der Waals surface area contributed by atoms with Gasteiger partial charge in [-0.1, -0.05) is 36.4 Å². The van der Waals surface area contributed by atoms with Gasteiger partial charge in [0.05, 0.1) is 6.10 Å². The van der Waals surface area contributed by atoms with Gasteiger partial charge in [0.25, 0.3) is 0 Å². The number of amides is 1. The zero-order valence-corrected chi connectivity index (χ0v) is 11.6. The van der Waals surface area contributed by atoms with Crippen LogP contribution in [0.5, 0.6) is 0 Å². The lowest BCUT2D eigenvalue weighted by atomic mass is 10.1. The average molecular weight is 283 g/mol. The quantitative estimate of drug-likeness (QED) is 0.907. The summed E-state index contributed by atoms with van der Waals surface area (Å²) in [6.07, 6.45) is 0.709. The first kappa shape index (κ1) is 13.6. The molecule has 108 valence electrons. The van der Waals surface area contributed by atoms with Crippen molar-refractivity contribution in [2.45, 2.75) is 25.6 Å². The van der Waals surface area contributed by atoms with E-state index < -0.39 is 12.2 Å². The van der Waals surface area contributed by atoms with Crippen LogP contribution in [0, 0.1) is 0 Å². The highest BCUT2D eigenvalue weighted by Crippen LogP contribution is 2.32. The number of aliphatic hydroxyl groups is 1. The van der Waals surface area contributed by atoms with Crippen molar-refractivity contribution in [2.24, 2.45) is 0 Å². The highest BCUT2D eigenvalue weighted by molar-refractivity contribution is 5.84. The fourth-order valence-corrected chi connectivity index (χ4v) is 2.54. The molecule has 21 heavy (non-hydrogen) atoms. The summed E-state index contributed by atoms with van der Waals surface area (Å²) >= 11 is 0. The lowest BCUT2D eigenvalue weighted by Gasteiger charge is -2.10. The third-order valence-corrected chi connectivity index (χ3v) is 3.65. The minimum absolute atomic E-state index is 0.236. The molecule has 4 nitrogen and oxygen atoms in total. The first-order valence-corrected chi connectivity index (χ1v) is 7.01. The molecule has 3 rings (SSSR count). The molecule has 1 aliphatic rings. The summed E-state index contributed by atoms with van der Waals surface area (Å²) in [6.45, 7) is 0.236. The van der Waals surface area contributed by atoms with Gasteiger partial charge in [0.1, 0.15) is 6.61 Å². The number of hydrogen-bond acceptors (Lipinski definition) is 3. The topological polar surface area (TPSA) is 58.6 Å². The van der Waals surface area contributed by atoms with Crippen molar-refractivity contribution in [3.05, 3.63) is 65.2 Å². The van der Waals surface area contributed by atoms with Crippen LogP contribution in [0.3, 0.4) is 0 Å². The number of aryl methyl sites for hydroxylation is 1. The molecular formula is C17H17NO3. The van der Waals surface area contributed by atoms with Crippen molar-refractivity contribution in [3.8, 4) is 0 Å². The first-order chi connectivity index (χ1) is 10.2. The van der Waals surface area contributed by atoms with Crippen molar-refractivity contribution >= 4 is 11.8 Å². The van der Waals surface area contributed by atoms with Crippen LogP contribution in [0.4, 0.5) is 10.5 Å². The van der Waals surface area contributed by atoms with Gasteiger partial charge in [-0.3, -0.25) is 5.32 Å². The zero-order valence-electron chi connectivity index (χ0n) is 11.6. The molecule has 0 aliphatic heterocycles. The van der Waals surface area contributed by atoms with Crippen molar-refractivity contribution in [2.75, 3.05) is 5.32 Å². The minimum Gasteiger partial charge on any atom is -0.444 e. The Kier molecular flexibility index (Phi) is 3.88. The van der Waals surface area contributed by atoms with E-state index in [2.05, 4.69) is 5.32 Å². The molecule has 1 amide bonds. The Morgan fingerprint density at radius 2 is 2.05 bits per heavy atom. The van der Waals surface area contributed by atoms with E-state index in [0.29, 0.717) is 5.69 Å². The van der Waals surface area contributed by atoms with Crippen molar-refractivity contribution in [1.82, 2.24) is 0 Å². The van der Waals surface area contributed by atoms with E-state index in [1.165, 1.54) is 0 Å². The number of rotatable bonds is 3. The molecule has 4 heteroatoms. The van der Waals surface area contributed by atoms with E-state index in [-0.39, 0.29) is 6.61 Å². The van der Waals surface area contributed by atoms with Crippen molar-refractivity contribution in [1.29, 1.82) is 0 Å². The summed E-state index contributed by atoms with van der Waals surface area (Å²) in [4.78, 5) is 11.8. The number of benzene rings is 2. The molecule has 0 aromatic heterocycles. The first-order valence-electron chi connectivity index (χ1n) is 7.01. The number of fused-ring (bicyclic) bond motifs is 1. The number of anilines is 1. The van der Waals surface area contributed by atoms with Crippen LogP contribution in [0.15, 0.2) is 48.5 Å². The number of carbonyl (C=O) groups is 1. The third-order valence-electron chi connectivity index (χ3n) is 3.65. The zero-order chi connectivity index (χ0) is 14.7. The highest BCUT2D eigenvalue weighted by atomic mass is 16.5. The lowest BCUT2D eigenvalue weighted by Crippen LogP contribution is -2.13. The van der Waals surface area contributed by atoms with E-state index in [4.69, 9.17) is 4.74 Å². The predicted molar refractivity (Wildman–Crippen MR) is 80.0 cm³/mol. The number of ether oxygens (including phenoxy) is 1. The standard InChI is InChI=1S/C17H17NO3/c19-16-9-7-13-6-8-14(10-15(13)16)18-17(20)21-11-12-4-2-1-3-5-12/h1-6,8,10,16,19H,7,9,11H2,(H,18,20). The van der Waals surface area contributed by atoms with E-state index >= 15 is 0 Å². The van der Waals surface area contributed by atoms with Crippen LogP contribution in [-0.2, 0) is 17.8 Å². The maximum absolute atomic E-state index is 11.8. The Morgan fingerprint density at radius 3 is 2.86 bits per heavy atom. The third kappa shape index (κ3) is 3.23. The van der Waals surface area contributed by atoms with Gasteiger partial charge in [0.15, 0.2) is 0 Å². The molecule has 0 heterocycles. The summed E-state index contributed by atoms with van der Waals surface area (Å²) < 4.78 is 5.17. The molecule has 1 aliphatic carbocycles. The maximum atomic E-state index is 11.8. The van der Waals surface area contributed by atoms with Gasteiger partial charge in [-0.25, -0.2) is 4.79 Å². The molecule has 2 N–H and O–H groups in total. The molecular weight excluding hydrogens is 266 g/mol. The van der Waals surface area contributed by atoms with Gasteiger partial charge in [-0.2, -0.15) is 0 Å². The molecule has 1 unspecified atom stereocenters. The van der Waals surface area contributed by atoms with Gasteiger partial charge in [0.2, 0.25) is 0 Å². The van der Waals surface area contributed by atoms with Crippen LogP contribution in [0.2, 0.25) is 0 Å². The predicted octanol–water partition coefficient (Wildman–Crippen LogP) is 3.41. The molecule has 0 bridgehead atoms. The van der Waals surface area contributed by atoms with Crippen LogP contribution < -0.4 is 5.32 Å². The second-order valence-corrected chi connectivity index (χ2v) is 5.15. The van der Waals surface area contributed by atoms with E-state index in [9.17, 15) is 9.90 Å². The van der Waals surface area contributed by atoms with Gasteiger partial charge in [0, 0.05) is 5.69 Å². The number of carbonyl (C=O) groups excluding carboxylic acids is 1. The Morgan fingerprint density at radius 1 is 1.24 bits per heavy atom. The normalized spacial score (nSPS) is 16.3. The Labute approximate surface area is 123 Å². The van der Waals surface area contributed by atoms with Gasteiger partial charge < -0.3 is 9.84 Å². The van der Waals surface area contributed by atoms with Crippen LogP contribution in [0.25, 0.3) is 0 Å². The number of nitrogens with one attached hydrogen (secondary N) is 1. The van der Waals surface area contributed by atoms with Crippen LogP contribution >= 0.6 is 0 Å². The molecule has 0 radical (unpaired) electrons. The average Bonchev–Trinajstić information content (AvgIpc) is 2.87. The SMILES string of the molecule is O=C(Nc1ccc2c(c1)C(O)CC2)OCc1ccccc1. The lowest BCUT2D eigenvalue weighted by molar-refractivity contribution is 0.155. The highest BCUT2D eigenvalue weighted by Gasteiger charge is 2.20. The Bertz CT molecular complexity index is 640.